The summed E-state index contributed by atoms with van der Waals surface area (Å²) < 4.78 is 1.94. The van der Waals surface area contributed by atoms with Gasteiger partial charge < -0.3 is 12.4 Å². The second-order valence-corrected chi connectivity index (χ2v) is 1.93. The molecule has 0 amide bonds. The van der Waals surface area contributed by atoms with Crippen molar-refractivity contribution < 1.29 is 17.0 Å². The van der Waals surface area contributed by atoms with E-state index < -0.39 is 0 Å². The molecule has 0 bridgehead atoms. The van der Waals surface area contributed by atoms with Gasteiger partial charge in [0.15, 0.2) is 0 Å². The Kier molecular flexibility index (Phi) is 5.21. The summed E-state index contributed by atoms with van der Waals surface area (Å²) in [5.41, 5.74) is 0. The number of aromatic nitrogens is 2. The second-order valence-electron chi connectivity index (χ2n) is 1.93. The van der Waals surface area contributed by atoms with Crippen molar-refractivity contribution in [3.8, 4) is 0 Å². The van der Waals surface area contributed by atoms with E-state index in [1.807, 2.05) is 54.6 Å². The number of aromatic amines is 1. The number of H-pyrrole nitrogens is 1. The van der Waals surface area contributed by atoms with Crippen molar-refractivity contribution >= 4 is 6.20 Å². The lowest BCUT2D eigenvalue weighted by molar-refractivity contribution is -0.566. The molecule has 11 heavy (non-hydrogen) atoms. The van der Waals surface area contributed by atoms with Gasteiger partial charge in [-0.15, -0.1) is 0 Å². The van der Waals surface area contributed by atoms with Gasteiger partial charge in [-0.2, -0.15) is 0 Å². The van der Waals surface area contributed by atoms with Crippen LogP contribution in [0.25, 0.3) is 6.20 Å². The Hall–Kier alpha value is -1.02. The van der Waals surface area contributed by atoms with E-state index in [2.05, 4.69) is 4.98 Å². The van der Waals surface area contributed by atoms with Gasteiger partial charge in [-0.05, 0) is 13.0 Å². The Balaban J connectivity index is 0.000001000. The number of hydrogen-bond acceptors (Lipinski definition) is 0. The third-order valence-electron chi connectivity index (χ3n) is 1.13. The van der Waals surface area contributed by atoms with Crippen molar-refractivity contribution in [1.82, 2.24) is 4.98 Å². The lowest BCUT2D eigenvalue weighted by Crippen LogP contribution is -3.00. The standard InChI is InChI=1S/C8H10N2.ClH/c1-2-3-4-6-10-7-5-9-8-10;/h2-8H,1H3;1H. The van der Waals surface area contributed by atoms with Crippen LogP contribution >= 0.6 is 0 Å². The molecule has 0 aromatic carbocycles. The summed E-state index contributed by atoms with van der Waals surface area (Å²) in [6.45, 7) is 1.99. The average molecular weight is 171 g/mol. The van der Waals surface area contributed by atoms with Crippen molar-refractivity contribution in [2.45, 2.75) is 6.92 Å². The van der Waals surface area contributed by atoms with E-state index in [0.717, 1.165) is 0 Å². The lowest BCUT2D eigenvalue weighted by atomic mass is 10.5. The predicted molar refractivity (Wildman–Crippen MR) is 41.1 cm³/mol. The molecule has 0 saturated heterocycles. The minimum atomic E-state index is 0. The summed E-state index contributed by atoms with van der Waals surface area (Å²) in [4.78, 5) is 2.94. The Labute approximate surface area is 72.7 Å². The maximum atomic E-state index is 2.94. The fourth-order valence-electron chi connectivity index (χ4n) is 0.654. The van der Waals surface area contributed by atoms with Crippen molar-refractivity contribution in [3.05, 3.63) is 36.9 Å². The molecule has 0 atom stereocenters. The SMILES string of the molecule is CC=CC=C[n+]1cc[nH]c1.[Cl-]. The molecule has 0 saturated carbocycles. The lowest BCUT2D eigenvalue weighted by Gasteiger charge is -1.76. The number of nitrogens with zero attached hydrogens (tertiary/aromatic N) is 1. The molecule has 60 valence electrons. The first-order chi connectivity index (χ1) is 4.93. The highest BCUT2D eigenvalue weighted by atomic mass is 35.5. The van der Waals surface area contributed by atoms with E-state index >= 15 is 0 Å². The average Bonchev–Trinajstić information content (AvgIpc) is 2.41. The molecule has 1 N–H and O–H groups in total. The number of hydrogen-bond donors (Lipinski definition) is 1. The molecule has 1 rings (SSSR count). The largest absolute Gasteiger partial charge is 1.00 e. The summed E-state index contributed by atoms with van der Waals surface area (Å²) >= 11 is 0. The first-order valence-corrected chi connectivity index (χ1v) is 3.26. The molecular weight excluding hydrogens is 160 g/mol. The number of imidazole rings is 1. The monoisotopic (exact) mass is 170 g/mol. The summed E-state index contributed by atoms with van der Waals surface area (Å²) in [5.74, 6) is 0. The minimum Gasteiger partial charge on any atom is -1.00 e. The van der Waals surface area contributed by atoms with Gasteiger partial charge in [0.05, 0.1) is 6.20 Å². The van der Waals surface area contributed by atoms with Crippen LogP contribution in [0.2, 0.25) is 0 Å². The summed E-state index contributed by atoms with van der Waals surface area (Å²) in [5, 5.41) is 0. The quantitative estimate of drug-likeness (QED) is 0.406. The summed E-state index contributed by atoms with van der Waals surface area (Å²) in [7, 11) is 0. The number of allylic oxidation sites excluding steroid dienone is 3. The van der Waals surface area contributed by atoms with Gasteiger partial charge in [-0.3, -0.25) is 0 Å². The third-order valence-corrected chi connectivity index (χ3v) is 1.13. The smallest absolute Gasteiger partial charge is 0.246 e. The van der Waals surface area contributed by atoms with Crippen molar-refractivity contribution in [1.29, 1.82) is 0 Å². The molecule has 0 fully saturated rings. The van der Waals surface area contributed by atoms with Crippen LogP contribution in [0.3, 0.4) is 0 Å². The van der Waals surface area contributed by atoms with Crippen LogP contribution in [0, 0.1) is 0 Å². The second kappa shape index (κ2) is 5.74. The first kappa shape index (κ1) is 9.98. The van der Waals surface area contributed by atoms with Crippen LogP contribution in [-0.2, 0) is 0 Å². The van der Waals surface area contributed by atoms with Gasteiger partial charge >= 0.3 is 0 Å². The molecule has 0 aliphatic rings. The molecular formula is C8H11ClN2. The highest BCUT2D eigenvalue weighted by Crippen LogP contribution is 1.75. The molecule has 0 radical (unpaired) electrons. The van der Waals surface area contributed by atoms with Gasteiger partial charge in [0.2, 0.25) is 6.33 Å². The van der Waals surface area contributed by atoms with E-state index in [9.17, 15) is 0 Å². The highest BCUT2D eigenvalue weighted by molar-refractivity contribution is 5.15. The van der Waals surface area contributed by atoms with Crippen LogP contribution < -0.4 is 17.0 Å². The van der Waals surface area contributed by atoms with Crippen molar-refractivity contribution in [2.24, 2.45) is 0 Å². The fraction of sp³-hybridized carbons (Fsp3) is 0.125. The van der Waals surface area contributed by atoms with Gasteiger partial charge in [0.1, 0.15) is 12.4 Å². The maximum absolute atomic E-state index is 2.94. The number of halogens is 1. The van der Waals surface area contributed by atoms with Crippen molar-refractivity contribution in [2.75, 3.05) is 0 Å². The third kappa shape index (κ3) is 3.63. The van der Waals surface area contributed by atoms with Gasteiger partial charge in [-0.25, -0.2) is 9.55 Å². The number of rotatable bonds is 2. The van der Waals surface area contributed by atoms with E-state index in [4.69, 9.17) is 0 Å². The van der Waals surface area contributed by atoms with Crippen LogP contribution in [0.4, 0.5) is 0 Å². The maximum Gasteiger partial charge on any atom is 0.246 e. The van der Waals surface area contributed by atoms with Gasteiger partial charge in [0, 0.05) is 0 Å². The Bertz CT molecular complexity index is 224. The van der Waals surface area contributed by atoms with E-state index in [1.54, 1.807) is 0 Å². The number of nitrogens with one attached hydrogen (secondary N) is 1. The molecule has 0 spiro atoms. The van der Waals surface area contributed by atoms with Crippen LogP contribution in [0.15, 0.2) is 36.9 Å². The van der Waals surface area contributed by atoms with E-state index in [-0.39, 0.29) is 12.4 Å². The van der Waals surface area contributed by atoms with Gasteiger partial charge in [0.25, 0.3) is 0 Å². The molecule has 1 heterocycles. The first-order valence-electron chi connectivity index (χ1n) is 3.26. The topological polar surface area (TPSA) is 19.7 Å². The Morgan fingerprint density at radius 3 is 2.73 bits per heavy atom. The van der Waals surface area contributed by atoms with E-state index in [0.29, 0.717) is 0 Å². The normalized spacial score (nSPS) is 10.6. The molecule has 0 aliphatic carbocycles. The predicted octanol–water partition coefficient (Wildman–Crippen LogP) is -1.65. The molecule has 1 aromatic rings. The fourth-order valence-corrected chi connectivity index (χ4v) is 0.654. The van der Waals surface area contributed by atoms with E-state index in [1.165, 1.54) is 0 Å². The molecule has 0 unspecified atom stereocenters. The van der Waals surface area contributed by atoms with Crippen LogP contribution in [0.1, 0.15) is 6.92 Å². The Morgan fingerprint density at radius 1 is 1.36 bits per heavy atom. The molecule has 0 aliphatic heterocycles. The zero-order valence-corrected chi connectivity index (χ0v) is 7.12. The molecule has 1 aromatic heterocycles. The zero-order valence-electron chi connectivity index (χ0n) is 6.37. The summed E-state index contributed by atoms with van der Waals surface area (Å²) in [6, 6.07) is 0. The minimum absolute atomic E-state index is 0. The summed E-state index contributed by atoms with van der Waals surface area (Å²) in [6.07, 6.45) is 13.6. The van der Waals surface area contributed by atoms with Crippen LogP contribution in [-0.4, -0.2) is 4.98 Å². The molecule has 3 heteroatoms. The van der Waals surface area contributed by atoms with Crippen molar-refractivity contribution in [3.63, 3.8) is 0 Å². The van der Waals surface area contributed by atoms with Crippen LogP contribution in [0.5, 0.6) is 0 Å². The Morgan fingerprint density at radius 2 is 2.18 bits per heavy atom. The highest BCUT2D eigenvalue weighted by Gasteiger charge is 1.84. The zero-order chi connectivity index (χ0) is 7.23. The van der Waals surface area contributed by atoms with Gasteiger partial charge in [-0.1, -0.05) is 12.2 Å². The molecule has 2 nitrogen and oxygen atoms in total.